The molecule has 0 aliphatic rings. The Morgan fingerprint density at radius 1 is 1.42 bits per heavy atom. The molecular weight excluding hydrogens is 170 g/mol. The fourth-order valence-electron chi connectivity index (χ4n) is 0.712. The van der Waals surface area contributed by atoms with Crippen LogP contribution < -0.4 is 14.8 Å². The summed E-state index contributed by atoms with van der Waals surface area (Å²) in [5.74, 6) is 0. The largest absolute Gasteiger partial charge is 0.403 e. The summed E-state index contributed by atoms with van der Waals surface area (Å²) >= 11 is 1.33. The highest BCUT2D eigenvalue weighted by Gasteiger charge is 1.94. The maximum absolute atomic E-state index is 8.52. The Balaban J connectivity index is 3.51. The average molecular weight is 175 g/mol. The van der Waals surface area contributed by atoms with Gasteiger partial charge in [-0.15, -0.1) is 11.3 Å². The Labute approximate surface area is 73.3 Å². The van der Waals surface area contributed by atoms with Gasteiger partial charge in [-0.05, 0) is 12.1 Å². The zero-order valence-electron chi connectivity index (χ0n) is 6.11. The Kier molecular flexibility index (Phi) is 2.47. The molecule has 4 heteroatoms. The molecule has 0 saturated heterocycles. The third-order valence-corrected chi connectivity index (χ3v) is 2.33. The zero-order valence-corrected chi connectivity index (χ0v) is 6.93. The van der Waals surface area contributed by atoms with Crippen LogP contribution in [0.4, 0.5) is 0 Å². The summed E-state index contributed by atoms with van der Waals surface area (Å²) < 4.78 is 1.52. The smallest absolute Gasteiger partial charge is 0.146 e. The summed E-state index contributed by atoms with van der Waals surface area (Å²) in [5, 5.41) is 17.0. The predicted molar refractivity (Wildman–Crippen MR) is 46.9 cm³/mol. The monoisotopic (exact) mass is 175 g/mol. The number of rotatable bonds is 0. The lowest BCUT2D eigenvalue weighted by Crippen LogP contribution is -1.98. The highest BCUT2D eigenvalue weighted by molar-refractivity contribution is 7.07. The highest BCUT2D eigenvalue weighted by Crippen LogP contribution is 1.88. The molecule has 1 heterocycles. The molecule has 58 valence electrons. The minimum Gasteiger partial charge on any atom is -0.403 e. The van der Waals surface area contributed by atoms with Crippen LogP contribution in [0.3, 0.4) is 0 Å². The van der Waals surface area contributed by atoms with Crippen molar-refractivity contribution in [2.24, 2.45) is 5.73 Å². The maximum Gasteiger partial charge on any atom is 0.146 e. The van der Waals surface area contributed by atoms with Crippen molar-refractivity contribution in [2.45, 2.75) is 0 Å². The molecule has 0 bridgehead atoms. The molecule has 0 aromatic carbocycles. The SMILES string of the molecule is N#CC(C#N)=c1cc/c(=C/N)s1. The molecule has 0 aliphatic heterocycles. The van der Waals surface area contributed by atoms with Gasteiger partial charge in [-0.2, -0.15) is 10.5 Å². The first-order chi connectivity index (χ1) is 5.81. The van der Waals surface area contributed by atoms with Crippen LogP contribution in [0.5, 0.6) is 0 Å². The second kappa shape index (κ2) is 3.56. The van der Waals surface area contributed by atoms with Crippen molar-refractivity contribution < 1.29 is 0 Å². The van der Waals surface area contributed by atoms with E-state index < -0.39 is 0 Å². The van der Waals surface area contributed by atoms with E-state index in [1.807, 2.05) is 12.1 Å². The van der Waals surface area contributed by atoms with Crippen molar-refractivity contribution in [3.05, 3.63) is 21.2 Å². The molecule has 2 N–H and O–H groups in total. The standard InChI is InChI=1S/C8H5N3S/c9-3-6(4-10)8-2-1-7(5-11)12-8/h1-2,5H,11H2/b7-5-. The summed E-state index contributed by atoms with van der Waals surface area (Å²) in [7, 11) is 0. The van der Waals surface area contributed by atoms with Crippen molar-refractivity contribution in [1.82, 2.24) is 0 Å². The van der Waals surface area contributed by atoms with Crippen LogP contribution in [0.15, 0.2) is 12.1 Å². The van der Waals surface area contributed by atoms with Gasteiger partial charge >= 0.3 is 0 Å². The van der Waals surface area contributed by atoms with E-state index in [-0.39, 0.29) is 5.57 Å². The van der Waals surface area contributed by atoms with Crippen molar-refractivity contribution in [3.8, 4) is 12.1 Å². The van der Waals surface area contributed by atoms with Gasteiger partial charge < -0.3 is 5.73 Å². The van der Waals surface area contributed by atoms with Crippen LogP contribution in [0.1, 0.15) is 0 Å². The summed E-state index contributed by atoms with van der Waals surface area (Å²) in [6.07, 6.45) is 1.44. The van der Waals surface area contributed by atoms with Crippen LogP contribution in [0.2, 0.25) is 0 Å². The van der Waals surface area contributed by atoms with E-state index in [4.69, 9.17) is 16.3 Å². The first kappa shape index (κ1) is 8.32. The highest BCUT2D eigenvalue weighted by atomic mass is 32.1. The molecule has 0 unspecified atom stereocenters. The van der Waals surface area contributed by atoms with Gasteiger partial charge in [0.05, 0.1) is 4.53 Å². The van der Waals surface area contributed by atoms with Crippen LogP contribution in [-0.2, 0) is 0 Å². The van der Waals surface area contributed by atoms with Gasteiger partial charge in [0.15, 0.2) is 0 Å². The normalized spacial score (nSPS) is 10.3. The summed E-state index contributed by atoms with van der Waals surface area (Å²) in [5.41, 5.74) is 5.39. The van der Waals surface area contributed by atoms with E-state index in [1.165, 1.54) is 17.5 Å². The third kappa shape index (κ3) is 1.45. The van der Waals surface area contributed by atoms with E-state index in [9.17, 15) is 0 Å². The van der Waals surface area contributed by atoms with E-state index in [2.05, 4.69) is 0 Å². The molecule has 1 aromatic heterocycles. The Morgan fingerprint density at radius 2 is 2.08 bits per heavy atom. The van der Waals surface area contributed by atoms with Crippen LogP contribution in [0.25, 0.3) is 11.8 Å². The first-order valence-electron chi connectivity index (χ1n) is 3.14. The number of nitriles is 2. The molecule has 0 fully saturated rings. The molecule has 0 spiro atoms. The maximum atomic E-state index is 8.52. The number of hydrogen-bond acceptors (Lipinski definition) is 4. The molecule has 1 aromatic rings. The molecule has 3 nitrogen and oxygen atoms in total. The summed E-state index contributed by atoms with van der Waals surface area (Å²) in [6, 6.07) is 7.12. The quantitative estimate of drug-likeness (QED) is 0.585. The van der Waals surface area contributed by atoms with Gasteiger partial charge in [-0.25, -0.2) is 0 Å². The van der Waals surface area contributed by atoms with Crippen LogP contribution in [-0.4, -0.2) is 0 Å². The van der Waals surface area contributed by atoms with Gasteiger partial charge in [0.1, 0.15) is 17.7 Å². The average Bonchev–Trinajstić information content (AvgIpc) is 2.55. The Bertz CT molecular complexity index is 454. The minimum absolute atomic E-state index is 0.133. The lowest BCUT2D eigenvalue weighted by atomic mass is 10.3. The molecule has 0 atom stereocenters. The van der Waals surface area contributed by atoms with Crippen molar-refractivity contribution in [3.63, 3.8) is 0 Å². The molecule has 1 rings (SSSR count). The van der Waals surface area contributed by atoms with Gasteiger partial charge in [0, 0.05) is 10.7 Å². The summed E-state index contributed by atoms with van der Waals surface area (Å²) in [6.45, 7) is 0. The van der Waals surface area contributed by atoms with E-state index in [0.717, 1.165) is 4.53 Å². The van der Waals surface area contributed by atoms with Gasteiger partial charge in [0.2, 0.25) is 0 Å². The number of nitrogens with zero attached hydrogens (tertiary/aromatic N) is 2. The van der Waals surface area contributed by atoms with Crippen molar-refractivity contribution in [1.29, 1.82) is 10.5 Å². The molecule has 0 aliphatic carbocycles. The molecule has 0 radical (unpaired) electrons. The first-order valence-corrected chi connectivity index (χ1v) is 3.95. The third-order valence-electron chi connectivity index (χ3n) is 1.26. The number of nitrogens with two attached hydrogens (primary N) is 1. The number of hydrogen-bond donors (Lipinski definition) is 1. The summed E-state index contributed by atoms with van der Waals surface area (Å²) in [4.78, 5) is 0. The molecular formula is C8H5N3S. The van der Waals surface area contributed by atoms with Crippen molar-refractivity contribution in [2.75, 3.05) is 0 Å². The Morgan fingerprint density at radius 3 is 2.50 bits per heavy atom. The molecule has 0 saturated carbocycles. The fourth-order valence-corrected chi connectivity index (χ4v) is 1.50. The van der Waals surface area contributed by atoms with Crippen LogP contribution >= 0.6 is 11.3 Å². The van der Waals surface area contributed by atoms with Gasteiger partial charge in [-0.3, -0.25) is 0 Å². The topological polar surface area (TPSA) is 73.6 Å². The van der Waals surface area contributed by atoms with Gasteiger partial charge in [0.25, 0.3) is 0 Å². The van der Waals surface area contributed by atoms with Crippen molar-refractivity contribution >= 4 is 23.1 Å². The molecule has 12 heavy (non-hydrogen) atoms. The van der Waals surface area contributed by atoms with Gasteiger partial charge in [-0.1, -0.05) is 0 Å². The fraction of sp³-hybridized carbons (Fsp3) is 0. The zero-order chi connectivity index (χ0) is 8.97. The van der Waals surface area contributed by atoms with E-state index >= 15 is 0 Å². The minimum atomic E-state index is 0.133. The van der Waals surface area contributed by atoms with E-state index in [0.29, 0.717) is 4.53 Å². The lowest BCUT2D eigenvalue weighted by molar-refractivity contribution is 1.51. The second-order valence-corrected chi connectivity index (χ2v) is 3.08. The lowest BCUT2D eigenvalue weighted by Gasteiger charge is -1.73. The number of thiophene rings is 1. The molecule has 0 amide bonds. The second-order valence-electron chi connectivity index (χ2n) is 1.97. The Hall–Kier alpha value is -1.78. The predicted octanol–water partition coefficient (Wildman–Crippen LogP) is -0.357. The van der Waals surface area contributed by atoms with Crippen LogP contribution in [0, 0.1) is 22.7 Å². The van der Waals surface area contributed by atoms with E-state index in [1.54, 1.807) is 12.1 Å².